The standard InChI is InChI=1S/C16H23N3O4S/c1-11(12-6-8-14(9-7-12)24(17,22)23)19-15(20)3-2-10-18-16(21)13-4-5-13/h6-9,11,13H,2-5,10H2,1H3,(H,18,21)(H,19,20)(H2,17,22,23). The van der Waals surface area contributed by atoms with Crippen LogP contribution < -0.4 is 15.8 Å². The fraction of sp³-hybridized carbons (Fsp3) is 0.500. The number of carbonyl (C=O) groups excluding carboxylic acids is 2. The van der Waals surface area contributed by atoms with Crippen molar-refractivity contribution in [2.75, 3.05) is 6.54 Å². The van der Waals surface area contributed by atoms with E-state index in [1.165, 1.54) is 12.1 Å². The summed E-state index contributed by atoms with van der Waals surface area (Å²) in [6.07, 6.45) is 2.84. The molecule has 1 unspecified atom stereocenters. The Hall–Kier alpha value is -1.93. The van der Waals surface area contributed by atoms with Gasteiger partial charge < -0.3 is 10.6 Å². The topological polar surface area (TPSA) is 118 Å². The Balaban J connectivity index is 1.73. The molecule has 0 spiro atoms. The van der Waals surface area contributed by atoms with Gasteiger partial charge in [-0.2, -0.15) is 0 Å². The highest BCUT2D eigenvalue weighted by Crippen LogP contribution is 2.28. The quantitative estimate of drug-likeness (QED) is 0.599. The SMILES string of the molecule is CC(NC(=O)CCCNC(=O)C1CC1)c1ccc(S(N)(=O)=O)cc1. The van der Waals surface area contributed by atoms with E-state index >= 15 is 0 Å². The highest BCUT2D eigenvalue weighted by Gasteiger charge is 2.29. The lowest BCUT2D eigenvalue weighted by Gasteiger charge is -2.15. The van der Waals surface area contributed by atoms with Crippen LogP contribution in [0, 0.1) is 5.92 Å². The van der Waals surface area contributed by atoms with E-state index in [9.17, 15) is 18.0 Å². The highest BCUT2D eigenvalue weighted by molar-refractivity contribution is 7.89. The van der Waals surface area contributed by atoms with Gasteiger partial charge in [0.1, 0.15) is 0 Å². The van der Waals surface area contributed by atoms with Gasteiger partial charge in [0.15, 0.2) is 0 Å². The zero-order valence-electron chi connectivity index (χ0n) is 13.6. The molecule has 0 heterocycles. The van der Waals surface area contributed by atoms with Crippen LogP contribution >= 0.6 is 0 Å². The summed E-state index contributed by atoms with van der Waals surface area (Å²) in [5.74, 6) is 0.150. The normalized spacial score (nSPS) is 15.6. The maximum absolute atomic E-state index is 11.9. The molecule has 2 amide bonds. The first-order chi connectivity index (χ1) is 11.3. The van der Waals surface area contributed by atoms with Gasteiger partial charge in [-0.25, -0.2) is 13.6 Å². The molecule has 1 aliphatic carbocycles. The highest BCUT2D eigenvalue weighted by atomic mass is 32.2. The molecular formula is C16H23N3O4S. The van der Waals surface area contributed by atoms with Crippen molar-refractivity contribution in [1.82, 2.24) is 10.6 Å². The molecule has 1 aromatic carbocycles. The van der Waals surface area contributed by atoms with Crippen molar-refractivity contribution in [3.05, 3.63) is 29.8 Å². The van der Waals surface area contributed by atoms with Gasteiger partial charge in [0.25, 0.3) is 0 Å². The summed E-state index contributed by atoms with van der Waals surface area (Å²) in [5.41, 5.74) is 0.790. The van der Waals surface area contributed by atoms with Crippen molar-refractivity contribution in [3.63, 3.8) is 0 Å². The zero-order valence-corrected chi connectivity index (χ0v) is 14.4. The molecule has 0 aliphatic heterocycles. The van der Waals surface area contributed by atoms with Gasteiger partial charge in [0.05, 0.1) is 10.9 Å². The summed E-state index contributed by atoms with van der Waals surface area (Å²) in [4.78, 5) is 23.4. The van der Waals surface area contributed by atoms with E-state index in [2.05, 4.69) is 10.6 Å². The molecular weight excluding hydrogens is 330 g/mol. The molecule has 24 heavy (non-hydrogen) atoms. The minimum absolute atomic E-state index is 0.0381. The Labute approximate surface area is 142 Å². The minimum Gasteiger partial charge on any atom is -0.356 e. The van der Waals surface area contributed by atoms with Gasteiger partial charge in [-0.15, -0.1) is 0 Å². The Morgan fingerprint density at radius 1 is 1.25 bits per heavy atom. The third kappa shape index (κ3) is 5.61. The molecule has 2 rings (SSSR count). The van der Waals surface area contributed by atoms with Crippen LogP contribution in [0.4, 0.5) is 0 Å². The van der Waals surface area contributed by atoms with Crippen molar-refractivity contribution in [2.24, 2.45) is 11.1 Å². The Kier molecular flexibility index (Phi) is 5.95. The van der Waals surface area contributed by atoms with Crippen LogP contribution in [-0.2, 0) is 19.6 Å². The summed E-state index contributed by atoms with van der Waals surface area (Å²) < 4.78 is 22.4. The first-order valence-electron chi connectivity index (χ1n) is 7.97. The number of nitrogens with two attached hydrogens (primary N) is 1. The van der Waals surface area contributed by atoms with Gasteiger partial charge in [-0.3, -0.25) is 9.59 Å². The number of primary sulfonamides is 1. The summed E-state index contributed by atoms with van der Waals surface area (Å²) in [7, 11) is -3.71. The molecule has 0 saturated heterocycles. The average molecular weight is 353 g/mol. The molecule has 7 nitrogen and oxygen atoms in total. The number of sulfonamides is 1. The Morgan fingerprint density at radius 3 is 2.42 bits per heavy atom. The van der Waals surface area contributed by atoms with Crippen LogP contribution in [0.15, 0.2) is 29.2 Å². The van der Waals surface area contributed by atoms with Gasteiger partial charge in [-0.1, -0.05) is 12.1 Å². The minimum atomic E-state index is -3.71. The lowest BCUT2D eigenvalue weighted by Crippen LogP contribution is -2.29. The van der Waals surface area contributed by atoms with Crippen molar-refractivity contribution in [2.45, 2.75) is 43.5 Å². The van der Waals surface area contributed by atoms with E-state index in [0.717, 1.165) is 18.4 Å². The lowest BCUT2D eigenvalue weighted by molar-refractivity contribution is -0.123. The molecule has 132 valence electrons. The molecule has 0 bridgehead atoms. The number of hydrogen-bond acceptors (Lipinski definition) is 4. The third-order valence-electron chi connectivity index (χ3n) is 3.91. The molecule has 0 radical (unpaired) electrons. The smallest absolute Gasteiger partial charge is 0.238 e. The fourth-order valence-corrected chi connectivity index (χ4v) is 2.81. The van der Waals surface area contributed by atoms with Crippen LogP contribution in [0.25, 0.3) is 0 Å². The number of benzene rings is 1. The third-order valence-corrected chi connectivity index (χ3v) is 4.84. The number of amides is 2. The van der Waals surface area contributed by atoms with Crippen LogP contribution in [0.1, 0.15) is 44.2 Å². The largest absolute Gasteiger partial charge is 0.356 e. The zero-order chi connectivity index (χ0) is 17.7. The summed E-state index contributed by atoms with van der Waals surface area (Å²) in [5, 5.41) is 10.7. The summed E-state index contributed by atoms with van der Waals surface area (Å²) in [6, 6.07) is 5.84. The van der Waals surface area contributed by atoms with Gasteiger partial charge in [0.2, 0.25) is 21.8 Å². The van der Waals surface area contributed by atoms with Crippen LogP contribution in [0.3, 0.4) is 0 Å². The van der Waals surface area contributed by atoms with Crippen LogP contribution in [0.2, 0.25) is 0 Å². The molecule has 1 aliphatic rings. The molecule has 8 heteroatoms. The van der Waals surface area contributed by atoms with Crippen LogP contribution in [0.5, 0.6) is 0 Å². The van der Waals surface area contributed by atoms with Gasteiger partial charge in [0, 0.05) is 18.9 Å². The molecule has 4 N–H and O–H groups in total. The number of carbonyl (C=O) groups is 2. The van der Waals surface area contributed by atoms with E-state index in [-0.39, 0.29) is 28.7 Å². The first-order valence-corrected chi connectivity index (χ1v) is 9.52. The average Bonchev–Trinajstić information content (AvgIpc) is 3.35. The molecule has 1 fully saturated rings. The fourth-order valence-electron chi connectivity index (χ4n) is 2.29. The van der Waals surface area contributed by atoms with E-state index in [1.54, 1.807) is 12.1 Å². The van der Waals surface area contributed by atoms with E-state index in [4.69, 9.17) is 5.14 Å². The molecule has 0 aromatic heterocycles. The van der Waals surface area contributed by atoms with Crippen molar-refractivity contribution < 1.29 is 18.0 Å². The predicted octanol–water partition coefficient (Wildman–Crippen LogP) is 0.818. The first kappa shape index (κ1) is 18.4. The van der Waals surface area contributed by atoms with Crippen molar-refractivity contribution >= 4 is 21.8 Å². The molecule has 1 saturated carbocycles. The van der Waals surface area contributed by atoms with Crippen LogP contribution in [-0.4, -0.2) is 26.8 Å². The number of hydrogen-bond donors (Lipinski definition) is 3. The van der Waals surface area contributed by atoms with E-state index in [0.29, 0.717) is 19.4 Å². The number of rotatable bonds is 8. The second-order valence-corrected chi connectivity index (χ2v) is 7.63. The number of nitrogens with one attached hydrogen (secondary N) is 2. The Bertz CT molecular complexity index is 697. The second-order valence-electron chi connectivity index (χ2n) is 6.07. The van der Waals surface area contributed by atoms with E-state index in [1.807, 2.05) is 6.92 Å². The summed E-state index contributed by atoms with van der Waals surface area (Å²) in [6.45, 7) is 2.32. The maximum atomic E-state index is 11.9. The maximum Gasteiger partial charge on any atom is 0.238 e. The van der Waals surface area contributed by atoms with Gasteiger partial charge >= 0.3 is 0 Å². The summed E-state index contributed by atoms with van der Waals surface area (Å²) >= 11 is 0. The second kappa shape index (κ2) is 7.76. The lowest BCUT2D eigenvalue weighted by atomic mass is 10.1. The van der Waals surface area contributed by atoms with Crippen molar-refractivity contribution in [1.29, 1.82) is 0 Å². The van der Waals surface area contributed by atoms with E-state index < -0.39 is 10.0 Å². The monoisotopic (exact) mass is 353 g/mol. The van der Waals surface area contributed by atoms with Crippen molar-refractivity contribution in [3.8, 4) is 0 Å². The molecule has 1 aromatic rings. The van der Waals surface area contributed by atoms with Gasteiger partial charge in [-0.05, 0) is 43.9 Å². The Morgan fingerprint density at radius 2 is 1.88 bits per heavy atom. The molecule has 1 atom stereocenters. The predicted molar refractivity (Wildman–Crippen MR) is 89.3 cm³/mol.